The molecule has 0 spiro atoms. The van der Waals surface area contributed by atoms with E-state index < -0.39 is 0 Å². The van der Waals surface area contributed by atoms with Crippen LogP contribution in [0.5, 0.6) is 5.75 Å². The van der Waals surface area contributed by atoms with Crippen molar-refractivity contribution < 1.29 is 4.74 Å². The molecule has 1 nitrogen and oxygen atoms in total. The Labute approximate surface area is 101 Å². The van der Waals surface area contributed by atoms with E-state index in [0.717, 1.165) is 30.5 Å². The normalized spacial score (nSPS) is 10.3. The first kappa shape index (κ1) is 12.6. The molecule has 1 aromatic carbocycles. The highest BCUT2D eigenvalue weighted by molar-refractivity contribution is 9.09. The van der Waals surface area contributed by atoms with Gasteiger partial charge < -0.3 is 4.74 Å². The quantitative estimate of drug-likeness (QED) is 0.533. The summed E-state index contributed by atoms with van der Waals surface area (Å²) in [5.41, 5.74) is 1.34. The molecule has 0 saturated heterocycles. The first-order valence-corrected chi connectivity index (χ1v) is 6.76. The number of benzene rings is 1. The average Bonchev–Trinajstić information content (AvgIpc) is 2.29. The van der Waals surface area contributed by atoms with Crippen LogP contribution in [0.15, 0.2) is 24.3 Å². The van der Waals surface area contributed by atoms with Crippen LogP contribution in [0.2, 0.25) is 0 Å². The van der Waals surface area contributed by atoms with Gasteiger partial charge in [-0.3, -0.25) is 0 Å². The minimum atomic E-state index is 0.833. The summed E-state index contributed by atoms with van der Waals surface area (Å²) < 4.78 is 5.68. The Morgan fingerprint density at radius 3 is 2.80 bits per heavy atom. The van der Waals surface area contributed by atoms with Crippen LogP contribution in [0.4, 0.5) is 0 Å². The van der Waals surface area contributed by atoms with Gasteiger partial charge in [0.25, 0.3) is 0 Å². The van der Waals surface area contributed by atoms with Gasteiger partial charge in [-0.05, 0) is 43.4 Å². The first-order valence-electron chi connectivity index (χ1n) is 5.64. The van der Waals surface area contributed by atoms with E-state index in [9.17, 15) is 0 Å². The number of aryl methyl sites for hydroxylation is 1. The lowest BCUT2D eigenvalue weighted by Crippen LogP contribution is -1.97. The summed E-state index contributed by atoms with van der Waals surface area (Å²) in [7, 11) is 0. The molecule has 0 amide bonds. The molecule has 0 aliphatic rings. The highest BCUT2D eigenvalue weighted by atomic mass is 79.9. The Morgan fingerprint density at radius 1 is 1.20 bits per heavy atom. The van der Waals surface area contributed by atoms with E-state index in [1.165, 1.54) is 18.4 Å². The minimum Gasteiger partial charge on any atom is -0.494 e. The van der Waals surface area contributed by atoms with Gasteiger partial charge in [-0.25, -0.2) is 0 Å². The van der Waals surface area contributed by atoms with Crippen molar-refractivity contribution in [1.82, 2.24) is 0 Å². The molecule has 0 atom stereocenters. The van der Waals surface area contributed by atoms with Crippen LogP contribution in [0.3, 0.4) is 0 Å². The van der Waals surface area contributed by atoms with E-state index in [0.29, 0.717) is 0 Å². The molecule has 0 radical (unpaired) electrons. The van der Waals surface area contributed by atoms with Crippen LogP contribution >= 0.6 is 15.9 Å². The summed E-state index contributed by atoms with van der Waals surface area (Å²) in [5.74, 6) is 1.01. The fourth-order valence-electron chi connectivity index (χ4n) is 1.42. The maximum absolute atomic E-state index is 5.68. The molecule has 0 heterocycles. The van der Waals surface area contributed by atoms with Crippen molar-refractivity contribution in [2.75, 3.05) is 11.9 Å². The van der Waals surface area contributed by atoms with Crippen LogP contribution in [0, 0.1) is 0 Å². The summed E-state index contributed by atoms with van der Waals surface area (Å²) in [6.45, 7) is 3.00. The van der Waals surface area contributed by atoms with Crippen molar-refractivity contribution in [2.24, 2.45) is 0 Å². The number of ether oxygens (including phenoxy) is 1. The third kappa shape index (κ3) is 5.22. The minimum absolute atomic E-state index is 0.833. The van der Waals surface area contributed by atoms with E-state index in [1.54, 1.807) is 0 Å². The Kier molecular flexibility index (Phi) is 6.49. The summed E-state index contributed by atoms with van der Waals surface area (Å²) in [6.07, 6.45) is 4.68. The lowest BCUT2D eigenvalue weighted by Gasteiger charge is -2.06. The first-order chi connectivity index (χ1) is 7.36. The zero-order valence-electron chi connectivity index (χ0n) is 9.34. The van der Waals surface area contributed by atoms with E-state index in [4.69, 9.17) is 4.74 Å². The van der Waals surface area contributed by atoms with E-state index in [-0.39, 0.29) is 0 Å². The molecule has 1 rings (SSSR count). The molecular formula is C13H19BrO. The average molecular weight is 271 g/mol. The molecule has 84 valence electrons. The van der Waals surface area contributed by atoms with Crippen molar-refractivity contribution >= 4 is 15.9 Å². The van der Waals surface area contributed by atoms with Gasteiger partial charge in [-0.1, -0.05) is 35.0 Å². The second-order valence-electron chi connectivity index (χ2n) is 3.60. The summed E-state index contributed by atoms with van der Waals surface area (Å²) >= 11 is 3.42. The van der Waals surface area contributed by atoms with Crippen molar-refractivity contribution in [2.45, 2.75) is 32.6 Å². The van der Waals surface area contributed by atoms with Crippen molar-refractivity contribution in [3.05, 3.63) is 29.8 Å². The summed E-state index contributed by atoms with van der Waals surface area (Å²) in [5, 5.41) is 1.10. The monoisotopic (exact) mass is 270 g/mol. The SMILES string of the molecule is CCc1cccc(OCCCCCBr)c1. The van der Waals surface area contributed by atoms with Gasteiger partial charge in [-0.2, -0.15) is 0 Å². The fraction of sp³-hybridized carbons (Fsp3) is 0.538. The van der Waals surface area contributed by atoms with Crippen LogP contribution < -0.4 is 4.74 Å². The van der Waals surface area contributed by atoms with Gasteiger partial charge in [-0.15, -0.1) is 0 Å². The van der Waals surface area contributed by atoms with Gasteiger partial charge in [0.1, 0.15) is 5.75 Å². The smallest absolute Gasteiger partial charge is 0.119 e. The molecule has 0 aliphatic heterocycles. The number of halogens is 1. The molecule has 0 saturated carbocycles. The Bertz CT molecular complexity index is 273. The van der Waals surface area contributed by atoms with Crippen molar-refractivity contribution in [1.29, 1.82) is 0 Å². The van der Waals surface area contributed by atoms with Gasteiger partial charge in [0.05, 0.1) is 6.61 Å². The highest BCUT2D eigenvalue weighted by Gasteiger charge is 1.95. The largest absolute Gasteiger partial charge is 0.494 e. The Balaban J connectivity index is 2.24. The van der Waals surface area contributed by atoms with E-state index in [2.05, 4.69) is 41.1 Å². The Hall–Kier alpha value is -0.500. The lowest BCUT2D eigenvalue weighted by molar-refractivity contribution is 0.306. The number of hydrogen-bond donors (Lipinski definition) is 0. The molecule has 0 bridgehead atoms. The number of hydrogen-bond acceptors (Lipinski definition) is 1. The van der Waals surface area contributed by atoms with E-state index >= 15 is 0 Å². The highest BCUT2D eigenvalue weighted by Crippen LogP contribution is 2.14. The second kappa shape index (κ2) is 7.75. The molecule has 0 aliphatic carbocycles. The van der Waals surface area contributed by atoms with E-state index in [1.807, 2.05) is 6.07 Å². The van der Waals surface area contributed by atoms with Crippen LogP contribution in [-0.4, -0.2) is 11.9 Å². The van der Waals surface area contributed by atoms with Crippen LogP contribution in [0.25, 0.3) is 0 Å². The zero-order valence-corrected chi connectivity index (χ0v) is 10.9. The molecule has 0 N–H and O–H groups in total. The fourth-order valence-corrected chi connectivity index (χ4v) is 1.82. The van der Waals surface area contributed by atoms with Crippen LogP contribution in [-0.2, 0) is 6.42 Å². The molecule has 15 heavy (non-hydrogen) atoms. The second-order valence-corrected chi connectivity index (χ2v) is 4.39. The topological polar surface area (TPSA) is 9.23 Å². The third-order valence-electron chi connectivity index (χ3n) is 2.35. The molecule has 0 unspecified atom stereocenters. The molecule has 2 heteroatoms. The van der Waals surface area contributed by atoms with Crippen molar-refractivity contribution in [3.63, 3.8) is 0 Å². The predicted octanol–water partition coefficient (Wildman–Crippen LogP) is 4.19. The summed E-state index contributed by atoms with van der Waals surface area (Å²) in [4.78, 5) is 0. The number of rotatable bonds is 7. The lowest BCUT2D eigenvalue weighted by atomic mass is 10.2. The number of alkyl halides is 1. The molecule has 1 aromatic rings. The predicted molar refractivity (Wildman–Crippen MR) is 69.0 cm³/mol. The third-order valence-corrected chi connectivity index (χ3v) is 2.91. The summed E-state index contributed by atoms with van der Waals surface area (Å²) in [6, 6.07) is 8.36. The van der Waals surface area contributed by atoms with Gasteiger partial charge >= 0.3 is 0 Å². The van der Waals surface area contributed by atoms with Crippen LogP contribution in [0.1, 0.15) is 31.7 Å². The van der Waals surface area contributed by atoms with Gasteiger partial charge in [0, 0.05) is 5.33 Å². The maximum Gasteiger partial charge on any atom is 0.119 e. The molecular weight excluding hydrogens is 252 g/mol. The van der Waals surface area contributed by atoms with Gasteiger partial charge in [0.2, 0.25) is 0 Å². The zero-order chi connectivity index (χ0) is 10.9. The number of unbranched alkanes of at least 4 members (excludes halogenated alkanes) is 2. The standard InChI is InChI=1S/C13H19BrO/c1-2-12-7-6-8-13(11-12)15-10-5-3-4-9-14/h6-8,11H,2-5,9-10H2,1H3. The van der Waals surface area contributed by atoms with Gasteiger partial charge in [0.15, 0.2) is 0 Å². The molecule has 0 fully saturated rings. The molecule has 0 aromatic heterocycles. The Morgan fingerprint density at radius 2 is 2.07 bits per heavy atom. The van der Waals surface area contributed by atoms with Crippen molar-refractivity contribution in [3.8, 4) is 5.75 Å². The maximum atomic E-state index is 5.68.